The fraction of sp³-hybridized carbons (Fsp3) is 0.0435. The highest BCUT2D eigenvalue weighted by molar-refractivity contribution is 6.00. The Morgan fingerprint density at radius 1 is 0.964 bits per heavy atom. The molecular formula is C23H18FN3O. The zero-order valence-corrected chi connectivity index (χ0v) is 15.0. The number of hydrazone groups is 1. The van der Waals surface area contributed by atoms with E-state index in [1.165, 1.54) is 29.8 Å². The van der Waals surface area contributed by atoms with Crippen LogP contribution in [0.1, 0.15) is 21.5 Å². The molecule has 138 valence electrons. The van der Waals surface area contributed by atoms with Crippen LogP contribution in [0.15, 0.2) is 90.2 Å². The molecule has 0 saturated carbocycles. The number of nitrogens with one attached hydrogen (secondary N) is 1. The molecule has 0 fully saturated rings. The lowest BCUT2D eigenvalue weighted by Crippen LogP contribution is -2.17. The van der Waals surface area contributed by atoms with E-state index in [1.54, 1.807) is 6.21 Å². The predicted octanol–water partition coefficient (Wildman–Crippen LogP) is 4.59. The molecule has 0 aliphatic rings. The molecule has 0 aliphatic heterocycles. The molecule has 0 aliphatic carbocycles. The normalized spacial score (nSPS) is 11.2. The Labute approximate surface area is 161 Å². The number of benzene rings is 3. The Kier molecular flexibility index (Phi) is 4.97. The van der Waals surface area contributed by atoms with Gasteiger partial charge in [0, 0.05) is 34.8 Å². The minimum absolute atomic E-state index is 0.352. The standard InChI is InChI=1S/C23H18FN3O/c24-20-12-10-18(11-13-20)23(28)26-25-14-19-16-27(15-17-6-2-1-3-7-17)22-9-5-4-8-21(19)22/h1-14,16H,15H2,(H,26,28)/b25-14-. The highest BCUT2D eigenvalue weighted by Crippen LogP contribution is 2.21. The number of rotatable bonds is 5. The highest BCUT2D eigenvalue weighted by atomic mass is 19.1. The molecule has 1 N–H and O–H groups in total. The maximum Gasteiger partial charge on any atom is 0.271 e. The number of carbonyl (C=O) groups is 1. The van der Waals surface area contributed by atoms with Crippen LogP contribution in [0.3, 0.4) is 0 Å². The molecule has 0 radical (unpaired) electrons. The van der Waals surface area contributed by atoms with Gasteiger partial charge in [0.2, 0.25) is 0 Å². The van der Waals surface area contributed by atoms with Crippen LogP contribution in [0.5, 0.6) is 0 Å². The Hall–Kier alpha value is -3.73. The van der Waals surface area contributed by atoms with Crippen molar-refractivity contribution in [3.05, 3.63) is 108 Å². The van der Waals surface area contributed by atoms with Crippen molar-refractivity contribution >= 4 is 23.0 Å². The van der Waals surface area contributed by atoms with Crippen molar-refractivity contribution in [2.75, 3.05) is 0 Å². The number of hydrogen-bond donors (Lipinski definition) is 1. The number of carbonyl (C=O) groups excluding carboxylic acids is 1. The van der Waals surface area contributed by atoms with Gasteiger partial charge in [0.1, 0.15) is 5.82 Å². The molecule has 4 rings (SSSR count). The van der Waals surface area contributed by atoms with Crippen molar-refractivity contribution in [3.8, 4) is 0 Å². The Morgan fingerprint density at radius 2 is 1.68 bits per heavy atom. The smallest absolute Gasteiger partial charge is 0.271 e. The molecule has 4 nitrogen and oxygen atoms in total. The monoisotopic (exact) mass is 371 g/mol. The first-order valence-electron chi connectivity index (χ1n) is 8.91. The van der Waals surface area contributed by atoms with Crippen LogP contribution in [0.25, 0.3) is 10.9 Å². The number of hydrogen-bond acceptors (Lipinski definition) is 2. The number of amides is 1. The summed E-state index contributed by atoms with van der Waals surface area (Å²) in [5.41, 5.74) is 6.05. The molecule has 5 heteroatoms. The first-order chi connectivity index (χ1) is 13.7. The largest absolute Gasteiger partial charge is 0.342 e. The van der Waals surface area contributed by atoms with E-state index in [0.29, 0.717) is 5.56 Å². The van der Waals surface area contributed by atoms with Crippen molar-refractivity contribution in [3.63, 3.8) is 0 Å². The van der Waals surface area contributed by atoms with E-state index >= 15 is 0 Å². The van der Waals surface area contributed by atoms with Gasteiger partial charge in [-0.05, 0) is 35.9 Å². The van der Waals surface area contributed by atoms with Gasteiger partial charge in [0.25, 0.3) is 5.91 Å². The second-order valence-electron chi connectivity index (χ2n) is 6.42. The van der Waals surface area contributed by atoms with E-state index < -0.39 is 0 Å². The van der Waals surface area contributed by atoms with Crippen LogP contribution in [-0.4, -0.2) is 16.7 Å². The molecule has 4 aromatic rings. The van der Waals surface area contributed by atoms with Crippen molar-refractivity contribution in [2.24, 2.45) is 5.10 Å². The third-order valence-corrected chi connectivity index (χ3v) is 4.49. The molecule has 0 bridgehead atoms. The van der Waals surface area contributed by atoms with Crippen molar-refractivity contribution in [2.45, 2.75) is 6.54 Å². The average Bonchev–Trinajstić information content (AvgIpc) is 3.07. The summed E-state index contributed by atoms with van der Waals surface area (Å²) in [6.45, 7) is 0.747. The maximum atomic E-state index is 13.0. The van der Waals surface area contributed by atoms with E-state index in [0.717, 1.165) is 23.0 Å². The van der Waals surface area contributed by atoms with Gasteiger partial charge < -0.3 is 4.57 Å². The van der Waals surface area contributed by atoms with E-state index in [4.69, 9.17) is 0 Å². The Morgan fingerprint density at radius 3 is 2.46 bits per heavy atom. The zero-order chi connectivity index (χ0) is 19.3. The van der Waals surface area contributed by atoms with Gasteiger partial charge in [0.15, 0.2) is 0 Å². The summed E-state index contributed by atoms with van der Waals surface area (Å²) in [5, 5.41) is 5.13. The van der Waals surface area contributed by atoms with Crippen LogP contribution in [0.2, 0.25) is 0 Å². The summed E-state index contributed by atoms with van der Waals surface area (Å²) >= 11 is 0. The maximum absolute atomic E-state index is 13.0. The molecule has 1 aromatic heterocycles. The molecule has 3 aromatic carbocycles. The van der Waals surface area contributed by atoms with Gasteiger partial charge in [-0.25, -0.2) is 9.82 Å². The minimum atomic E-state index is -0.385. The summed E-state index contributed by atoms with van der Waals surface area (Å²) < 4.78 is 15.1. The zero-order valence-electron chi connectivity index (χ0n) is 15.0. The third-order valence-electron chi connectivity index (χ3n) is 4.49. The number of fused-ring (bicyclic) bond motifs is 1. The molecular weight excluding hydrogens is 353 g/mol. The first-order valence-corrected chi connectivity index (χ1v) is 8.91. The number of para-hydroxylation sites is 1. The second kappa shape index (κ2) is 7.88. The summed E-state index contributed by atoms with van der Waals surface area (Å²) in [6.07, 6.45) is 3.65. The molecule has 0 saturated heterocycles. The van der Waals surface area contributed by atoms with Gasteiger partial charge in [-0.1, -0.05) is 48.5 Å². The molecule has 1 amide bonds. The van der Waals surface area contributed by atoms with E-state index in [9.17, 15) is 9.18 Å². The Balaban J connectivity index is 1.56. The average molecular weight is 371 g/mol. The summed E-state index contributed by atoms with van der Waals surface area (Å²) in [6, 6.07) is 23.6. The fourth-order valence-corrected chi connectivity index (χ4v) is 3.12. The van der Waals surface area contributed by atoms with Crippen LogP contribution < -0.4 is 5.43 Å². The van der Waals surface area contributed by atoms with Gasteiger partial charge in [-0.3, -0.25) is 4.79 Å². The molecule has 28 heavy (non-hydrogen) atoms. The quantitative estimate of drug-likeness (QED) is 0.405. The van der Waals surface area contributed by atoms with E-state index in [2.05, 4.69) is 33.3 Å². The SMILES string of the molecule is O=C(N/N=C\c1cn(Cc2ccccc2)c2ccccc12)c1ccc(F)cc1. The lowest BCUT2D eigenvalue weighted by Gasteiger charge is -2.05. The van der Waals surface area contributed by atoms with Crippen LogP contribution in [0.4, 0.5) is 4.39 Å². The predicted molar refractivity (Wildman–Crippen MR) is 109 cm³/mol. The van der Waals surface area contributed by atoms with Crippen LogP contribution in [-0.2, 0) is 6.54 Å². The fourth-order valence-electron chi connectivity index (χ4n) is 3.12. The molecule has 1 heterocycles. The molecule has 0 atom stereocenters. The van der Waals surface area contributed by atoms with Crippen molar-refractivity contribution < 1.29 is 9.18 Å². The Bertz CT molecular complexity index is 1130. The lowest BCUT2D eigenvalue weighted by molar-refractivity contribution is 0.0955. The number of halogens is 1. The van der Waals surface area contributed by atoms with Gasteiger partial charge in [0.05, 0.1) is 6.21 Å². The summed E-state index contributed by atoms with van der Waals surface area (Å²) in [7, 11) is 0. The summed E-state index contributed by atoms with van der Waals surface area (Å²) in [4.78, 5) is 12.1. The van der Waals surface area contributed by atoms with Crippen molar-refractivity contribution in [1.82, 2.24) is 9.99 Å². The topological polar surface area (TPSA) is 46.4 Å². The van der Waals surface area contributed by atoms with E-state index in [1.807, 2.05) is 42.6 Å². The third kappa shape index (κ3) is 3.83. The minimum Gasteiger partial charge on any atom is -0.342 e. The molecule has 0 spiro atoms. The van der Waals surface area contributed by atoms with Gasteiger partial charge in [-0.2, -0.15) is 5.10 Å². The van der Waals surface area contributed by atoms with Crippen LogP contribution >= 0.6 is 0 Å². The lowest BCUT2D eigenvalue weighted by atomic mass is 10.2. The number of aromatic nitrogens is 1. The molecule has 0 unspecified atom stereocenters. The van der Waals surface area contributed by atoms with Crippen LogP contribution in [0, 0.1) is 5.82 Å². The summed E-state index contributed by atoms with van der Waals surface area (Å²) in [5.74, 6) is -0.768. The highest BCUT2D eigenvalue weighted by Gasteiger charge is 2.08. The van der Waals surface area contributed by atoms with E-state index in [-0.39, 0.29) is 11.7 Å². The van der Waals surface area contributed by atoms with Gasteiger partial charge in [-0.15, -0.1) is 0 Å². The van der Waals surface area contributed by atoms with Gasteiger partial charge >= 0.3 is 0 Å². The number of nitrogens with zero attached hydrogens (tertiary/aromatic N) is 2. The van der Waals surface area contributed by atoms with Crippen molar-refractivity contribution in [1.29, 1.82) is 0 Å². The second-order valence-corrected chi connectivity index (χ2v) is 6.42. The first kappa shape index (κ1) is 17.7.